The molecule has 0 unspecified atom stereocenters. The van der Waals surface area contributed by atoms with Gasteiger partial charge in [0, 0.05) is 49.6 Å². The summed E-state index contributed by atoms with van der Waals surface area (Å²) in [6, 6.07) is 5.42. The van der Waals surface area contributed by atoms with Crippen LogP contribution >= 0.6 is 0 Å². The predicted octanol–water partition coefficient (Wildman–Crippen LogP) is 4.37. The molecule has 0 saturated carbocycles. The SMILES string of the molecule is CC(=O)N1C[C@H](C)N(c2nc(OCCCN(C)C)nc3c(F)c(-c4c(O)cccc4F)c(C)cc23)C[C@H]1C. The molecule has 8 nitrogen and oxygen atoms in total. The molecule has 4 rings (SSSR count). The van der Waals surface area contributed by atoms with Crippen LogP contribution in [-0.2, 0) is 4.79 Å². The average Bonchev–Trinajstić information content (AvgIpc) is 2.84. The van der Waals surface area contributed by atoms with Crippen molar-refractivity contribution in [3.05, 3.63) is 41.5 Å². The van der Waals surface area contributed by atoms with Crippen molar-refractivity contribution in [2.45, 2.75) is 46.2 Å². The van der Waals surface area contributed by atoms with Gasteiger partial charge in [0.15, 0.2) is 5.82 Å². The molecule has 2 heterocycles. The first-order valence-electron chi connectivity index (χ1n) is 12.8. The number of ether oxygens (including phenoxy) is 1. The van der Waals surface area contributed by atoms with Crippen molar-refractivity contribution in [1.82, 2.24) is 19.8 Å². The molecule has 0 aliphatic carbocycles. The molecule has 1 saturated heterocycles. The Morgan fingerprint density at radius 1 is 1.16 bits per heavy atom. The maximum Gasteiger partial charge on any atom is 0.319 e. The van der Waals surface area contributed by atoms with E-state index in [2.05, 4.69) is 4.98 Å². The Kier molecular flexibility index (Phi) is 8.01. The van der Waals surface area contributed by atoms with Crippen molar-refractivity contribution in [3.63, 3.8) is 0 Å². The second kappa shape index (κ2) is 11.1. The number of aromatic nitrogens is 2. The fraction of sp³-hybridized carbons (Fsp3) is 0.464. The van der Waals surface area contributed by atoms with E-state index in [0.29, 0.717) is 36.5 Å². The van der Waals surface area contributed by atoms with Crippen molar-refractivity contribution in [1.29, 1.82) is 0 Å². The molecule has 2 aromatic carbocycles. The van der Waals surface area contributed by atoms with E-state index in [0.717, 1.165) is 13.0 Å². The van der Waals surface area contributed by atoms with Gasteiger partial charge in [-0.25, -0.2) is 8.78 Å². The van der Waals surface area contributed by atoms with Gasteiger partial charge in [0.2, 0.25) is 5.91 Å². The molecule has 1 aliphatic heterocycles. The number of nitrogens with zero attached hydrogens (tertiary/aromatic N) is 5. The number of phenolic OH excluding ortho intramolecular Hbond substituents is 1. The lowest BCUT2D eigenvalue weighted by Crippen LogP contribution is -2.58. The monoisotopic (exact) mass is 527 g/mol. The van der Waals surface area contributed by atoms with Gasteiger partial charge in [0.05, 0.1) is 12.2 Å². The van der Waals surface area contributed by atoms with Gasteiger partial charge in [-0.3, -0.25) is 4.79 Å². The van der Waals surface area contributed by atoms with Crippen LogP contribution < -0.4 is 9.64 Å². The molecule has 0 radical (unpaired) electrons. The molecule has 1 aromatic heterocycles. The van der Waals surface area contributed by atoms with E-state index in [1.54, 1.807) is 19.9 Å². The van der Waals surface area contributed by atoms with E-state index < -0.39 is 11.6 Å². The van der Waals surface area contributed by atoms with Gasteiger partial charge in [-0.2, -0.15) is 9.97 Å². The lowest BCUT2D eigenvalue weighted by molar-refractivity contribution is -0.131. The average molecular weight is 528 g/mol. The number of phenols is 1. The first-order chi connectivity index (χ1) is 18.0. The molecular weight excluding hydrogens is 492 g/mol. The van der Waals surface area contributed by atoms with Gasteiger partial charge in [0.1, 0.15) is 22.9 Å². The van der Waals surface area contributed by atoms with Crippen LogP contribution in [0, 0.1) is 18.6 Å². The van der Waals surface area contributed by atoms with Crippen LogP contribution in [0.1, 0.15) is 32.8 Å². The fourth-order valence-corrected chi connectivity index (χ4v) is 5.07. The molecule has 2 atom stereocenters. The zero-order chi connectivity index (χ0) is 27.7. The summed E-state index contributed by atoms with van der Waals surface area (Å²) in [6.07, 6.45) is 0.721. The second-order valence-electron chi connectivity index (χ2n) is 10.3. The van der Waals surface area contributed by atoms with Crippen LogP contribution in [0.5, 0.6) is 11.8 Å². The van der Waals surface area contributed by atoms with Crippen molar-refractivity contribution < 1.29 is 23.4 Å². The van der Waals surface area contributed by atoms with Crippen LogP contribution in [-0.4, -0.2) is 83.2 Å². The summed E-state index contributed by atoms with van der Waals surface area (Å²) in [5.74, 6) is -1.36. The summed E-state index contributed by atoms with van der Waals surface area (Å²) < 4.78 is 36.9. The van der Waals surface area contributed by atoms with E-state index in [1.807, 2.05) is 42.6 Å². The Hall–Kier alpha value is -3.53. The van der Waals surface area contributed by atoms with Crippen molar-refractivity contribution in [3.8, 4) is 22.9 Å². The van der Waals surface area contributed by atoms with Gasteiger partial charge >= 0.3 is 6.01 Å². The highest BCUT2D eigenvalue weighted by atomic mass is 19.1. The molecular formula is C28H35F2N5O3. The number of carbonyl (C=O) groups excluding carboxylic acids is 1. The molecule has 204 valence electrons. The zero-order valence-electron chi connectivity index (χ0n) is 22.8. The van der Waals surface area contributed by atoms with Gasteiger partial charge in [-0.05, 0) is 65.0 Å². The highest BCUT2D eigenvalue weighted by Gasteiger charge is 2.33. The molecule has 38 heavy (non-hydrogen) atoms. The fourth-order valence-electron chi connectivity index (χ4n) is 5.07. The van der Waals surface area contributed by atoms with Gasteiger partial charge in [-0.1, -0.05) is 6.07 Å². The third kappa shape index (κ3) is 5.36. The Morgan fingerprint density at radius 3 is 2.55 bits per heavy atom. The zero-order valence-corrected chi connectivity index (χ0v) is 22.8. The minimum atomic E-state index is -0.759. The Labute approximate surface area is 221 Å². The number of amides is 1. The molecule has 1 fully saturated rings. The Morgan fingerprint density at radius 2 is 1.89 bits per heavy atom. The van der Waals surface area contributed by atoms with Gasteiger partial charge < -0.3 is 24.5 Å². The number of hydrogen-bond donors (Lipinski definition) is 1. The predicted molar refractivity (Wildman–Crippen MR) is 144 cm³/mol. The number of anilines is 1. The number of halogens is 2. The number of aryl methyl sites for hydroxylation is 1. The summed E-state index contributed by atoms with van der Waals surface area (Å²) in [5, 5.41) is 10.8. The minimum absolute atomic E-state index is 0.00214. The van der Waals surface area contributed by atoms with Crippen LogP contribution in [0.2, 0.25) is 0 Å². The third-order valence-corrected chi connectivity index (χ3v) is 6.97. The van der Waals surface area contributed by atoms with Gasteiger partial charge in [0.25, 0.3) is 0 Å². The number of aromatic hydroxyl groups is 1. The number of benzene rings is 2. The summed E-state index contributed by atoms with van der Waals surface area (Å²) in [7, 11) is 3.93. The molecule has 1 N–H and O–H groups in total. The minimum Gasteiger partial charge on any atom is -0.507 e. The topological polar surface area (TPSA) is 82.0 Å². The summed E-state index contributed by atoms with van der Waals surface area (Å²) in [5.41, 5.74) is 0.145. The molecule has 0 bridgehead atoms. The first-order valence-corrected chi connectivity index (χ1v) is 12.8. The lowest BCUT2D eigenvalue weighted by Gasteiger charge is -2.44. The van der Waals surface area contributed by atoms with E-state index >= 15 is 4.39 Å². The Balaban J connectivity index is 1.87. The largest absolute Gasteiger partial charge is 0.507 e. The maximum absolute atomic E-state index is 16.2. The van der Waals surface area contributed by atoms with Crippen LogP contribution in [0.15, 0.2) is 24.3 Å². The van der Waals surface area contributed by atoms with E-state index in [1.165, 1.54) is 18.2 Å². The molecule has 3 aromatic rings. The van der Waals surface area contributed by atoms with E-state index in [9.17, 15) is 14.3 Å². The number of fused-ring (bicyclic) bond motifs is 1. The van der Waals surface area contributed by atoms with Gasteiger partial charge in [-0.15, -0.1) is 0 Å². The standard InChI is InChI=1S/C28H35F2N5O3/c1-16-13-20-26(25(30)23(16)24-21(29)9-7-10-22(24)37)31-28(38-12-8-11-33(5)6)32-27(20)35-15-17(2)34(19(4)36)14-18(35)3/h7,9-10,13,17-18,37H,8,11-12,14-15H2,1-6H3/t17-,18+/m1/s1. The van der Waals surface area contributed by atoms with Crippen molar-refractivity contribution in [2.24, 2.45) is 0 Å². The molecule has 10 heteroatoms. The normalized spacial score (nSPS) is 17.9. The van der Waals surface area contributed by atoms with E-state index in [-0.39, 0.29) is 46.4 Å². The Bertz CT molecular complexity index is 1330. The summed E-state index contributed by atoms with van der Waals surface area (Å²) in [4.78, 5) is 27.1. The number of carbonyl (C=O) groups is 1. The highest BCUT2D eigenvalue weighted by Crippen LogP contribution is 2.41. The molecule has 1 amide bonds. The van der Waals surface area contributed by atoms with Crippen LogP contribution in [0.4, 0.5) is 14.6 Å². The number of piperazine rings is 1. The second-order valence-corrected chi connectivity index (χ2v) is 10.3. The van der Waals surface area contributed by atoms with Crippen molar-refractivity contribution in [2.75, 3.05) is 45.2 Å². The summed E-state index contributed by atoms with van der Waals surface area (Å²) >= 11 is 0. The van der Waals surface area contributed by atoms with Crippen LogP contribution in [0.3, 0.4) is 0 Å². The smallest absolute Gasteiger partial charge is 0.319 e. The first kappa shape index (κ1) is 27.5. The van der Waals surface area contributed by atoms with Crippen LogP contribution in [0.25, 0.3) is 22.0 Å². The number of rotatable bonds is 7. The quantitative estimate of drug-likeness (QED) is 0.457. The highest BCUT2D eigenvalue weighted by molar-refractivity contribution is 5.95. The third-order valence-electron chi connectivity index (χ3n) is 6.97. The maximum atomic E-state index is 16.2. The molecule has 1 aliphatic rings. The number of hydrogen-bond acceptors (Lipinski definition) is 7. The summed E-state index contributed by atoms with van der Waals surface area (Å²) in [6.45, 7) is 9.28. The van der Waals surface area contributed by atoms with E-state index in [4.69, 9.17) is 9.72 Å². The van der Waals surface area contributed by atoms with Crippen molar-refractivity contribution >= 4 is 22.6 Å². The molecule has 0 spiro atoms. The lowest BCUT2D eigenvalue weighted by atomic mass is 9.96.